The summed E-state index contributed by atoms with van der Waals surface area (Å²) >= 11 is 0. The van der Waals surface area contributed by atoms with Gasteiger partial charge in [-0.1, -0.05) is 26.0 Å². The van der Waals surface area contributed by atoms with Crippen molar-refractivity contribution in [1.29, 1.82) is 0 Å². The van der Waals surface area contributed by atoms with Crippen LogP contribution < -0.4 is 5.32 Å². The average molecular weight is 165 g/mol. The molecule has 2 aliphatic heterocycles. The second-order valence-electron chi connectivity index (χ2n) is 4.94. The van der Waals surface area contributed by atoms with Crippen molar-refractivity contribution in [3.8, 4) is 0 Å². The first-order valence-electron chi connectivity index (χ1n) is 5.07. The molecule has 68 valence electrons. The lowest BCUT2D eigenvalue weighted by atomic mass is 9.67. The summed E-state index contributed by atoms with van der Waals surface area (Å²) in [5.41, 5.74) is 0.543. The van der Waals surface area contributed by atoms with Gasteiger partial charge in [-0.25, -0.2) is 0 Å². The third-order valence-electron chi connectivity index (χ3n) is 3.45. The molecule has 3 rings (SSSR count). The monoisotopic (exact) mass is 165 g/mol. The van der Waals surface area contributed by atoms with Crippen molar-refractivity contribution in [1.82, 2.24) is 5.32 Å². The Morgan fingerprint density at radius 3 is 2.92 bits per heavy atom. The fourth-order valence-electron chi connectivity index (χ4n) is 2.62. The van der Waals surface area contributed by atoms with Crippen LogP contribution in [0.1, 0.15) is 26.7 Å². The van der Waals surface area contributed by atoms with Crippen LogP contribution in [0.5, 0.6) is 0 Å². The molecule has 1 N–H and O–H groups in total. The summed E-state index contributed by atoms with van der Waals surface area (Å²) < 4.78 is 0. The van der Waals surface area contributed by atoms with E-state index < -0.39 is 0 Å². The highest BCUT2D eigenvalue weighted by molar-refractivity contribution is 5.06. The third-order valence-corrected chi connectivity index (χ3v) is 3.45. The number of rotatable bonds is 0. The highest BCUT2D eigenvalue weighted by Gasteiger charge is 2.34. The van der Waals surface area contributed by atoms with E-state index in [1.807, 2.05) is 0 Å². The van der Waals surface area contributed by atoms with E-state index in [1.165, 1.54) is 25.9 Å². The van der Waals surface area contributed by atoms with Crippen molar-refractivity contribution < 1.29 is 0 Å². The summed E-state index contributed by atoms with van der Waals surface area (Å²) in [5.74, 6) is 1.60. The molecule has 2 atom stereocenters. The molecule has 0 aromatic heterocycles. The molecular formula is C11H19N. The number of allylic oxidation sites excluding steroid dienone is 1. The first-order valence-corrected chi connectivity index (χ1v) is 5.07. The van der Waals surface area contributed by atoms with E-state index in [0.29, 0.717) is 5.41 Å². The van der Waals surface area contributed by atoms with E-state index in [-0.39, 0.29) is 0 Å². The molecule has 2 heterocycles. The zero-order chi connectivity index (χ0) is 8.60. The minimum Gasteiger partial charge on any atom is -0.316 e. The minimum atomic E-state index is 0.543. The zero-order valence-electron chi connectivity index (χ0n) is 8.14. The van der Waals surface area contributed by atoms with Gasteiger partial charge in [0.2, 0.25) is 0 Å². The lowest BCUT2D eigenvalue weighted by Gasteiger charge is -2.41. The quantitative estimate of drug-likeness (QED) is 0.543. The van der Waals surface area contributed by atoms with E-state index in [2.05, 4.69) is 31.3 Å². The molecule has 12 heavy (non-hydrogen) atoms. The molecule has 1 saturated heterocycles. The Hall–Kier alpha value is -0.300. The van der Waals surface area contributed by atoms with Crippen LogP contribution in [0.2, 0.25) is 0 Å². The van der Waals surface area contributed by atoms with Gasteiger partial charge < -0.3 is 5.32 Å². The van der Waals surface area contributed by atoms with Crippen LogP contribution in [-0.2, 0) is 0 Å². The van der Waals surface area contributed by atoms with Crippen LogP contribution in [0.15, 0.2) is 12.2 Å². The van der Waals surface area contributed by atoms with Gasteiger partial charge in [0.15, 0.2) is 0 Å². The smallest absolute Gasteiger partial charge is 0.00144 e. The Bertz CT molecular complexity index is 193. The first-order chi connectivity index (χ1) is 5.68. The molecule has 1 fully saturated rings. The lowest BCUT2D eigenvalue weighted by Crippen LogP contribution is -2.38. The van der Waals surface area contributed by atoms with Gasteiger partial charge in [0.1, 0.15) is 0 Å². The van der Waals surface area contributed by atoms with Crippen molar-refractivity contribution in [2.75, 3.05) is 13.1 Å². The van der Waals surface area contributed by atoms with Crippen LogP contribution in [0.25, 0.3) is 0 Å². The lowest BCUT2D eigenvalue weighted by molar-refractivity contribution is 0.167. The van der Waals surface area contributed by atoms with Crippen molar-refractivity contribution in [3.05, 3.63) is 12.2 Å². The largest absolute Gasteiger partial charge is 0.316 e. The van der Waals surface area contributed by atoms with E-state index in [0.717, 1.165) is 11.8 Å². The number of fused-ring (bicyclic) bond motifs is 4. The average Bonchev–Trinajstić information content (AvgIpc) is 1.92. The van der Waals surface area contributed by atoms with Gasteiger partial charge in [0.25, 0.3) is 0 Å². The SMILES string of the molecule is CC1(C)CC2C=CC1CCNC2. The maximum absolute atomic E-state index is 3.51. The second-order valence-corrected chi connectivity index (χ2v) is 4.94. The standard InChI is InChI=1S/C11H19N/c1-11(2)7-9-3-4-10(11)5-6-12-8-9/h3-4,9-10,12H,5-8H2,1-2H3. The molecule has 1 heteroatoms. The maximum atomic E-state index is 3.51. The van der Waals surface area contributed by atoms with Gasteiger partial charge in [-0.05, 0) is 36.6 Å². The fraction of sp³-hybridized carbons (Fsp3) is 0.818. The molecular weight excluding hydrogens is 146 g/mol. The summed E-state index contributed by atoms with van der Waals surface area (Å²) in [7, 11) is 0. The predicted octanol–water partition coefficient (Wildman–Crippen LogP) is 2.20. The van der Waals surface area contributed by atoms with Crippen LogP contribution in [-0.4, -0.2) is 13.1 Å². The number of hydrogen-bond donors (Lipinski definition) is 1. The van der Waals surface area contributed by atoms with E-state index >= 15 is 0 Å². The van der Waals surface area contributed by atoms with Crippen molar-refractivity contribution in [2.45, 2.75) is 26.7 Å². The van der Waals surface area contributed by atoms with E-state index in [1.54, 1.807) is 0 Å². The van der Waals surface area contributed by atoms with Gasteiger partial charge in [-0.15, -0.1) is 0 Å². The third kappa shape index (κ3) is 1.42. The summed E-state index contributed by atoms with van der Waals surface area (Å²) in [4.78, 5) is 0. The normalized spacial score (nSPS) is 39.2. The summed E-state index contributed by atoms with van der Waals surface area (Å²) in [6.07, 6.45) is 7.55. The van der Waals surface area contributed by atoms with E-state index in [4.69, 9.17) is 0 Å². The molecule has 1 aliphatic carbocycles. The van der Waals surface area contributed by atoms with Gasteiger partial charge in [0.05, 0.1) is 0 Å². The number of nitrogens with one attached hydrogen (secondary N) is 1. The molecule has 0 amide bonds. The second kappa shape index (κ2) is 2.88. The summed E-state index contributed by atoms with van der Waals surface area (Å²) in [6.45, 7) is 7.22. The van der Waals surface area contributed by atoms with Crippen molar-refractivity contribution in [2.24, 2.45) is 17.3 Å². The van der Waals surface area contributed by atoms with Crippen molar-refractivity contribution >= 4 is 0 Å². The van der Waals surface area contributed by atoms with Gasteiger partial charge in [0, 0.05) is 6.54 Å². The fourth-order valence-corrected chi connectivity index (χ4v) is 2.62. The Morgan fingerprint density at radius 2 is 2.17 bits per heavy atom. The first kappa shape index (κ1) is 8.31. The van der Waals surface area contributed by atoms with Crippen LogP contribution >= 0.6 is 0 Å². The molecule has 2 bridgehead atoms. The van der Waals surface area contributed by atoms with Gasteiger partial charge in [-0.3, -0.25) is 0 Å². The van der Waals surface area contributed by atoms with Crippen molar-refractivity contribution in [3.63, 3.8) is 0 Å². The molecule has 0 radical (unpaired) electrons. The topological polar surface area (TPSA) is 12.0 Å². The molecule has 2 unspecified atom stereocenters. The molecule has 0 aromatic carbocycles. The zero-order valence-corrected chi connectivity index (χ0v) is 8.14. The van der Waals surface area contributed by atoms with Crippen LogP contribution in [0, 0.1) is 17.3 Å². The van der Waals surface area contributed by atoms with Crippen LogP contribution in [0.4, 0.5) is 0 Å². The molecule has 0 saturated carbocycles. The highest BCUT2D eigenvalue weighted by Crippen LogP contribution is 2.41. The van der Waals surface area contributed by atoms with Gasteiger partial charge in [-0.2, -0.15) is 0 Å². The number of hydrogen-bond acceptors (Lipinski definition) is 1. The van der Waals surface area contributed by atoms with E-state index in [9.17, 15) is 0 Å². The maximum Gasteiger partial charge on any atom is 0.00144 e. The molecule has 0 aromatic rings. The summed E-state index contributed by atoms with van der Waals surface area (Å²) in [6, 6.07) is 0. The highest BCUT2D eigenvalue weighted by atomic mass is 14.9. The Kier molecular flexibility index (Phi) is 1.99. The predicted molar refractivity (Wildman–Crippen MR) is 52.0 cm³/mol. The van der Waals surface area contributed by atoms with Crippen LogP contribution in [0.3, 0.4) is 0 Å². The Labute approximate surface area is 75.2 Å². The Morgan fingerprint density at radius 1 is 1.33 bits per heavy atom. The molecule has 1 nitrogen and oxygen atoms in total. The summed E-state index contributed by atoms with van der Waals surface area (Å²) in [5, 5.41) is 3.51. The Balaban J connectivity index is 2.21. The minimum absolute atomic E-state index is 0.543. The molecule has 3 aliphatic rings. The van der Waals surface area contributed by atoms with Gasteiger partial charge >= 0.3 is 0 Å². The molecule has 0 spiro atoms.